The molecule has 1 saturated heterocycles. The Morgan fingerprint density at radius 1 is 1.37 bits per heavy atom. The van der Waals surface area contributed by atoms with Crippen molar-refractivity contribution in [1.82, 2.24) is 4.90 Å². The molecule has 2 aliphatic heterocycles. The summed E-state index contributed by atoms with van der Waals surface area (Å²) in [7, 11) is -3.72. The molecule has 1 aromatic carbocycles. The lowest BCUT2D eigenvalue weighted by Crippen LogP contribution is -2.60. The van der Waals surface area contributed by atoms with Crippen molar-refractivity contribution in [1.29, 1.82) is 0 Å². The predicted octanol–water partition coefficient (Wildman–Crippen LogP) is 0.692. The number of ether oxygens (including phenoxy) is 1. The number of amides is 1. The number of carbonyl (C=O) groups excluding carboxylic acids is 1. The summed E-state index contributed by atoms with van der Waals surface area (Å²) in [4.78, 5) is 29.1. The van der Waals surface area contributed by atoms with E-state index in [0.717, 1.165) is 17.2 Å². The number of thioether (sulfide) groups is 1. The lowest BCUT2D eigenvalue weighted by atomic mass is 10.1. The van der Waals surface area contributed by atoms with Gasteiger partial charge in [-0.15, -0.1) is 0 Å². The van der Waals surface area contributed by atoms with Gasteiger partial charge in [-0.05, 0) is 18.2 Å². The fourth-order valence-electron chi connectivity index (χ4n) is 2.52. The van der Waals surface area contributed by atoms with E-state index in [9.17, 15) is 23.1 Å². The van der Waals surface area contributed by atoms with Gasteiger partial charge >= 0.3 is 5.97 Å². The summed E-state index contributed by atoms with van der Waals surface area (Å²) in [6.45, 7) is -0.302. The van der Waals surface area contributed by atoms with E-state index in [1.54, 1.807) is 12.1 Å². The van der Waals surface area contributed by atoms with E-state index in [2.05, 4.69) is 9.18 Å². The molecule has 0 bridgehead atoms. The van der Waals surface area contributed by atoms with Crippen LogP contribution in [0.5, 0.6) is 5.75 Å². The van der Waals surface area contributed by atoms with Gasteiger partial charge in [-0.3, -0.25) is 18.9 Å². The van der Waals surface area contributed by atoms with Crippen LogP contribution in [0.2, 0.25) is 0 Å². The molecule has 144 valence electrons. The van der Waals surface area contributed by atoms with Crippen LogP contribution in [0, 0.1) is 0 Å². The molecule has 1 aromatic rings. The first-order valence-corrected chi connectivity index (χ1v) is 10.5. The van der Waals surface area contributed by atoms with E-state index < -0.39 is 40.0 Å². The molecule has 1 N–H and O–H groups in total. The summed E-state index contributed by atoms with van der Waals surface area (Å²) in [5.41, 5.74) is -0.335. The van der Waals surface area contributed by atoms with Crippen LogP contribution in [0.15, 0.2) is 47.1 Å². The minimum atomic E-state index is -3.72. The van der Waals surface area contributed by atoms with Crippen molar-refractivity contribution in [3.05, 3.63) is 42.1 Å². The Balaban J connectivity index is 1.64. The van der Waals surface area contributed by atoms with Crippen molar-refractivity contribution in [2.24, 2.45) is 4.99 Å². The van der Waals surface area contributed by atoms with E-state index in [4.69, 9.17) is 4.74 Å². The van der Waals surface area contributed by atoms with Crippen LogP contribution in [0.3, 0.4) is 0 Å². The molecule has 3 rings (SSSR count). The highest BCUT2D eigenvalue weighted by atomic mass is 32.2. The summed E-state index contributed by atoms with van der Waals surface area (Å²) >= 11 is 1.24. The molecular formula is C16H16N2O7S2. The molecular weight excluding hydrogens is 396 g/mol. The zero-order valence-electron chi connectivity index (χ0n) is 14.1. The molecule has 0 radical (unpaired) electrons. The van der Waals surface area contributed by atoms with Gasteiger partial charge in [-0.1, -0.05) is 30.0 Å². The number of carbonyl (C=O) groups is 2. The number of β-lactam (4-membered cyclic amide) rings is 1. The van der Waals surface area contributed by atoms with Gasteiger partial charge in [-0.25, -0.2) is 4.79 Å². The number of rotatable bonds is 8. The molecule has 27 heavy (non-hydrogen) atoms. The number of aliphatic carboxylic acids is 1. The summed E-state index contributed by atoms with van der Waals surface area (Å²) in [5, 5.41) is 9.45. The van der Waals surface area contributed by atoms with Crippen molar-refractivity contribution < 1.29 is 32.0 Å². The molecule has 0 spiro atoms. The number of benzene rings is 1. The SMILES string of the molecule is CS(=O)(=O)OCC=C(C(=O)O)N1C(=O)C2N=C(COc3ccccc3)SC21. The fourth-order valence-corrected chi connectivity index (χ4v) is 4.05. The number of carboxylic acids is 1. The average molecular weight is 412 g/mol. The highest BCUT2D eigenvalue weighted by Gasteiger charge is 2.54. The van der Waals surface area contributed by atoms with Crippen molar-refractivity contribution in [2.75, 3.05) is 19.5 Å². The van der Waals surface area contributed by atoms with E-state index in [1.165, 1.54) is 11.8 Å². The maximum absolute atomic E-state index is 12.3. The lowest BCUT2D eigenvalue weighted by molar-refractivity contribution is -0.147. The van der Waals surface area contributed by atoms with E-state index in [0.29, 0.717) is 10.8 Å². The van der Waals surface area contributed by atoms with Crippen LogP contribution >= 0.6 is 11.8 Å². The summed E-state index contributed by atoms with van der Waals surface area (Å²) in [5.74, 6) is -1.16. The Morgan fingerprint density at radius 3 is 2.70 bits per heavy atom. The van der Waals surface area contributed by atoms with Crippen LogP contribution in [0.1, 0.15) is 0 Å². The monoisotopic (exact) mass is 412 g/mol. The third-order valence-electron chi connectivity index (χ3n) is 3.70. The van der Waals surface area contributed by atoms with Gasteiger partial charge in [0.2, 0.25) is 0 Å². The van der Waals surface area contributed by atoms with E-state index in [-0.39, 0.29) is 12.3 Å². The predicted molar refractivity (Wildman–Crippen MR) is 97.9 cm³/mol. The number of hydrogen-bond donors (Lipinski definition) is 1. The second kappa shape index (κ2) is 7.71. The zero-order valence-corrected chi connectivity index (χ0v) is 15.8. The van der Waals surface area contributed by atoms with Gasteiger partial charge in [0.05, 0.1) is 12.9 Å². The Hall–Kier alpha value is -2.37. The molecule has 2 aliphatic rings. The fraction of sp³-hybridized carbons (Fsp3) is 0.312. The van der Waals surface area contributed by atoms with Crippen LogP contribution in [-0.4, -0.2) is 66.2 Å². The largest absolute Gasteiger partial charge is 0.487 e. The number of fused-ring (bicyclic) bond motifs is 1. The Labute approximate surface area is 159 Å². The van der Waals surface area contributed by atoms with Crippen LogP contribution in [0.25, 0.3) is 0 Å². The van der Waals surface area contributed by atoms with Gasteiger partial charge in [0, 0.05) is 0 Å². The molecule has 2 heterocycles. The Kier molecular flexibility index (Phi) is 5.53. The van der Waals surface area contributed by atoms with E-state index >= 15 is 0 Å². The first-order valence-electron chi connectivity index (χ1n) is 7.78. The molecule has 0 aromatic heterocycles. The van der Waals surface area contributed by atoms with Crippen molar-refractivity contribution >= 4 is 38.8 Å². The molecule has 1 fully saturated rings. The van der Waals surface area contributed by atoms with Gasteiger partial charge < -0.3 is 9.84 Å². The number of nitrogens with zero attached hydrogens (tertiary/aromatic N) is 2. The third kappa shape index (κ3) is 4.49. The second-order valence-corrected chi connectivity index (χ2v) is 8.50. The summed E-state index contributed by atoms with van der Waals surface area (Å²) in [6, 6.07) is 8.44. The number of aliphatic imine (C=N–C) groups is 1. The Morgan fingerprint density at radius 2 is 2.07 bits per heavy atom. The zero-order chi connectivity index (χ0) is 19.6. The maximum Gasteiger partial charge on any atom is 0.352 e. The number of hydrogen-bond acceptors (Lipinski definition) is 8. The number of carboxylic acid groups (broad SMARTS) is 1. The quantitative estimate of drug-likeness (QED) is 0.376. The summed E-state index contributed by atoms with van der Waals surface area (Å²) in [6.07, 6.45) is 1.91. The van der Waals surface area contributed by atoms with Gasteiger partial charge in [0.25, 0.3) is 16.0 Å². The van der Waals surface area contributed by atoms with Crippen molar-refractivity contribution in [3.63, 3.8) is 0 Å². The lowest BCUT2D eigenvalue weighted by Gasteiger charge is -2.40. The van der Waals surface area contributed by atoms with Gasteiger partial charge in [0.1, 0.15) is 28.5 Å². The van der Waals surface area contributed by atoms with Crippen molar-refractivity contribution in [2.45, 2.75) is 11.4 Å². The molecule has 2 unspecified atom stereocenters. The third-order valence-corrected chi connectivity index (χ3v) is 5.47. The smallest absolute Gasteiger partial charge is 0.352 e. The van der Waals surface area contributed by atoms with E-state index in [1.807, 2.05) is 18.2 Å². The molecule has 9 nitrogen and oxygen atoms in total. The minimum absolute atomic E-state index is 0.173. The highest BCUT2D eigenvalue weighted by Crippen LogP contribution is 2.41. The molecule has 0 aliphatic carbocycles. The summed E-state index contributed by atoms with van der Waals surface area (Å²) < 4.78 is 32.1. The molecule has 2 atom stereocenters. The Bertz CT molecular complexity index is 912. The number of likely N-dealkylation sites (tertiary alicyclic amines) is 1. The van der Waals surface area contributed by atoms with Crippen molar-refractivity contribution in [3.8, 4) is 5.75 Å². The normalized spacial score (nSPS) is 22.1. The minimum Gasteiger partial charge on any atom is -0.487 e. The molecule has 1 amide bonds. The first kappa shape index (κ1) is 19.4. The molecule has 0 saturated carbocycles. The van der Waals surface area contributed by atoms with Gasteiger partial charge in [-0.2, -0.15) is 8.42 Å². The number of para-hydroxylation sites is 1. The first-order chi connectivity index (χ1) is 12.8. The maximum atomic E-state index is 12.3. The highest BCUT2D eigenvalue weighted by molar-refractivity contribution is 8.15. The van der Waals surface area contributed by atoms with Crippen LogP contribution in [-0.2, 0) is 23.9 Å². The average Bonchev–Trinajstić information content (AvgIpc) is 2.98. The van der Waals surface area contributed by atoms with Crippen LogP contribution < -0.4 is 4.74 Å². The van der Waals surface area contributed by atoms with Crippen LogP contribution in [0.4, 0.5) is 0 Å². The second-order valence-electron chi connectivity index (χ2n) is 5.67. The topological polar surface area (TPSA) is 123 Å². The van der Waals surface area contributed by atoms with Gasteiger partial charge in [0.15, 0.2) is 6.04 Å². The standard InChI is InChI=1S/C16H16N2O7S2/c1-27(22,23)25-8-7-11(16(20)21)18-14(19)13-15(18)26-12(17-13)9-24-10-5-3-2-4-6-10/h2-7,13,15H,8-9H2,1H3,(H,20,21). The molecule has 11 heteroatoms.